The quantitative estimate of drug-likeness (QED) is 0.447. The van der Waals surface area contributed by atoms with Crippen LogP contribution in [0.15, 0.2) is 53.6 Å². The molecule has 9 nitrogen and oxygen atoms in total. The normalized spacial score (nSPS) is 11.2. The number of hydrazone groups is 1. The van der Waals surface area contributed by atoms with E-state index in [0.29, 0.717) is 16.3 Å². The highest BCUT2D eigenvalue weighted by Crippen LogP contribution is 2.21. The zero-order valence-corrected chi connectivity index (χ0v) is 17.0. The molecule has 2 aromatic rings. The molecule has 0 unspecified atom stereocenters. The van der Waals surface area contributed by atoms with Gasteiger partial charge in [0.25, 0.3) is 11.8 Å². The van der Waals surface area contributed by atoms with Crippen LogP contribution in [-0.2, 0) is 19.6 Å². The van der Waals surface area contributed by atoms with Crippen molar-refractivity contribution in [2.45, 2.75) is 0 Å². The fraction of sp³-hybridized carbons (Fsp3) is 0.167. The first-order valence-electron chi connectivity index (χ1n) is 8.21. The first-order valence-corrected chi connectivity index (χ1v) is 10.4. The van der Waals surface area contributed by atoms with E-state index in [-0.39, 0.29) is 12.3 Å². The van der Waals surface area contributed by atoms with Crippen molar-refractivity contribution in [3.63, 3.8) is 0 Å². The van der Waals surface area contributed by atoms with Crippen molar-refractivity contribution in [2.24, 2.45) is 10.8 Å². The van der Waals surface area contributed by atoms with Crippen molar-refractivity contribution in [1.29, 1.82) is 0 Å². The van der Waals surface area contributed by atoms with Crippen LogP contribution < -0.4 is 20.2 Å². The second kappa shape index (κ2) is 9.89. The van der Waals surface area contributed by atoms with Gasteiger partial charge in [-0.15, -0.1) is 0 Å². The lowest BCUT2D eigenvalue weighted by Gasteiger charge is -2.21. The summed E-state index contributed by atoms with van der Waals surface area (Å²) in [5, 5.41) is 4.15. The Balaban J connectivity index is 1.97. The van der Waals surface area contributed by atoms with Crippen molar-refractivity contribution in [1.82, 2.24) is 5.43 Å². The summed E-state index contributed by atoms with van der Waals surface area (Å²) < 4.78 is 30.1. The minimum absolute atomic E-state index is 0.229. The van der Waals surface area contributed by atoms with Crippen molar-refractivity contribution >= 4 is 45.3 Å². The van der Waals surface area contributed by atoms with Crippen LogP contribution in [0, 0.1) is 0 Å². The second-order valence-electron chi connectivity index (χ2n) is 5.87. The maximum Gasteiger partial charge on any atom is 0.260 e. The number of nitrogens with zero attached hydrogens (tertiary/aromatic N) is 2. The van der Waals surface area contributed by atoms with Gasteiger partial charge in [-0.2, -0.15) is 5.10 Å². The molecule has 0 heterocycles. The van der Waals surface area contributed by atoms with Gasteiger partial charge in [0.15, 0.2) is 6.61 Å². The van der Waals surface area contributed by atoms with Crippen LogP contribution in [-0.4, -0.2) is 45.9 Å². The minimum atomic E-state index is -3.71. The fourth-order valence-electron chi connectivity index (χ4n) is 2.18. The summed E-state index contributed by atoms with van der Waals surface area (Å²) in [7, 11) is -3.71. The Labute approximate surface area is 173 Å². The number of halogens is 1. The van der Waals surface area contributed by atoms with Gasteiger partial charge in [0, 0.05) is 5.02 Å². The van der Waals surface area contributed by atoms with E-state index >= 15 is 0 Å². The number of rotatable bonds is 9. The Morgan fingerprint density at radius 2 is 1.93 bits per heavy atom. The van der Waals surface area contributed by atoms with Crippen LogP contribution in [0.25, 0.3) is 0 Å². The number of nitrogens with one attached hydrogen (secondary N) is 1. The number of nitrogens with two attached hydrogens (primary N) is 1. The van der Waals surface area contributed by atoms with Gasteiger partial charge in [-0.25, -0.2) is 13.8 Å². The SMILES string of the molecule is CS(=O)(=O)N(CC(=O)N/N=C\c1ccc(OCC(N)=O)cc1)c1cccc(Cl)c1. The van der Waals surface area contributed by atoms with Crippen molar-refractivity contribution < 1.29 is 22.7 Å². The van der Waals surface area contributed by atoms with Gasteiger partial charge in [0.2, 0.25) is 10.0 Å². The van der Waals surface area contributed by atoms with Gasteiger partial charge < -0.3 is 10.5 Å². The molecule has 0 fully saturated rings. The first-order chi connectivity index (χ1) is 13.6. The van der Waals surface area contributed by atoms with Gasteiger partial charge in [0.1, 0.15) is 12.3 Å². The number of sulfonamides is 1. The number of primary amides is 1. The molecule has 2 amide bonds. The van der Waals surface area contributed by atoms with Crippen LogP contribution in [0.2, 0.25) is 5.02 Å². The van der Waals surface area contributed by atoms with E-state index in [1.54, 1.807) is 36.4 Å². The molecule has 0 aromatic heterocycles. The second-order valence-corrected chi connectivity index (χ2v) is 8.21. The molecule has 0 atom stereocenters. The van der Waals surface area contributed by atoms with E-state index in [1.807, 2.05) is 0 Å². The van der Waals surface area contributed by atoms with E-state index in [1.165, 1.54) is 18.3 Å². The summed E-state index contributed by atoms with van der Waals surface area (Å²) in [4.78, 5) is 22.8. The lowest BCUT2D eigenvalue weighted by atomic mass is 10.2. The van der Waals surface area contributed by atoms with Crippen LogP contribution in [0.1, 0.15) is 5.56 Å². The van der Waals surface area contributed by atoms with E-state index < -0.39 is 28.4 Å². The third-order valence-electron chi connectivity index (χ3n) is 3.45. The van der Waals surface area contributed by atoms with Crippen molar-refractivity contribution in [3.8, 4) is 5.75 Å². The summed E-state index contributed by atoms with van der Waals surface area (Å²) in [5.41, 5.74) is 8.18. The average Bonchev–Trinajstić information content (AvgIpc) is 2.64. The Hall–Kier alpha value is -3.11. The van der Waals surface area contributed by atoms with E-state index in [9.17, 15) is 18.0 Å². The molecule has 0 radical (unpaired) electrons. The lowest BCUT2D eigenvalue weighted by molar-refractivity contribution is -0.120. The highest BCUT2D eigenvalue weighted by atomic mass is 35.5. The summed E-state index contributed by atoms with van der Waals surface area (Å²) >= 11 is 5.90. The number of hydrogen-bond acceptors (Lipinski definition) is 6. The number of carbonyl (C=O) groups excluding carboxylic acids is 2. The number of anilines is 1. The largest absolute Gasteiger partial charge is 0.484 e. The zero-order valence-electron chi connectivity index (χ0n) is 15.4. The number of benzene rings is 2. The summed E-state index contributed by atoms with van der Waals surface area (Å²) in [5.74, 6) is -0.761. The number of ether oxygens (including phenoxy) is 1. The van der Waals surface area contributed by atoms with Crippen LogP contribution in [0.4, 0.5) is 5.69 Å². The molecule has 29 heavy (non-hydrogen) atoms. The molecule has 11 heteroatoms. The molecule has 0 aliphatic heterocycles. The van der Waals surface area contributed by atoms with E-state index in [4.69, 9.17) is 22.1 Å². The highest BCUT2D eigenvalue weighted by molar-refractivity contribution is 7.92. The molecule has 2 rings (SSSR count). The molecule has 0 aliphatic rings. The van der Waals surface area contributed by atoms with Gasteiger partial charge in [0.05, 0.1) is 18.2 Å². The molecule has 0 saturated carbocycles. The third-order valence-corrected chi connectivity index (χ3v) is 4.82. The topological polar surface area (TPSA) is 131 Å². The number of amides is 2. The molecule has 0 saturated heterocycles. The summed E-state index contributed by atoms with van der Waals surface area (Å²) in [6.07, 6.45) is 2.37. The predicted octanol–water partition coefficient (Wildman–Crippen LogP) is 1.12. The molecular weight excluding hydrogens is 420 g/mol. The maximum absolute atomic E-state index is 12.1. The van der Waals surface area contributed by atoms with Gasteiger partial charge in [-0.05, 0) is 48.0 Å². The average molecular weight is 439 g/mol. The Morgan fingerprint density at radius 1 is 1.24 bits per heavy atom. The summed E-state index contributed by atoms with van der Waals surface area (Å²) in [6, 6.07) is 12.7. The maximum atomic E-state index is 12.1. The van der Waals surface area contributed by atoms with E-state index in [0.717, 1.165) is 10.6 Å². The minimum Gasteiger partial charge on any atom is -0.484 e. The van der Waals surface area contributed by atoms with E-state index in [2.05, 4.69) is 10.5 Å². The lowest BCUT2D eigenvalue weighted by Crippen LogP contribution is -2.39. The van der Waals surface area contributed by atoms with Gasteiger partial charge >= 0.3 is 0 Å². The van der Waals surface area contributed by atoms with Crippen molar-refractivity contribution in [3.05, 3.63) is 59.1 Å². The molecule has 0 spiro atoms. The standard InChI is InChI=1S/C18H19ClN4O5S/c1-29(26,27)23(15-4-2-3-14(19)9-15)11-18(25)22-21-10-13-5-7-16(8-6-13)28-12-17(20)24/h2-10H,11-12H2,1H3,(H2,20,24)(H,22,25)/b21-10-. The number of carbonyl (C=O) groups is 2. The highest BCUT2D eigenvalue weighted by Gasteiger charge is 2.20. The smallest absolute Gasteiger partial charge is 0.260 e. The molecule has 154 valence electrons. The first kappa shape index (κ1) is 22.2. The van der Waals surface area contributed by atoms with Crippen LogP contribution in [0.3, 0.4) is 0 Å². The van der Waals surface area contributed by atoms with Crippen LogP contribution in [0.5, 0.6) is 5.75 Å². The molecule has 3 N–H and O–H groups in total. The zero-order chi connectivity index (χ0) is 21.4. The van der Waals surface area contributed by atoms with Gasteiger partial charge in [-0.3, -0.25) is 13.9 Å². The number of hydrogen-bond donors (Lipinski definition) is 2. The Morgan fingerprint density at radius 3 is 2.52 bits per heavy atom. The molecule has 2 aromatic carbocycles. The third kappa shape index (κ3) is 7.43. The molecule has 0 aliphatic carbocycles. The summed E-state index contributed by atoms with van der Waals surface area (Å²) in [6.45, 7) is -0.691. The molecule has 0 bridgehead atoms. The Bertz CT molecular complexity index is 1010. The predicted molar refractivity (Wildman–Crippen MR) is 111 cm³/mol. The van der Waals surface area contributed by atoms with Crippen molar-refractivity contribution in [2.75, 3.05) is 23.7 Å². The molecular formula is C18H19ClN4O5S. The Kier molecular flexibility index (Phi) is 7.57. The monoisotopic (exact) mass is 438 g/mol. The fourth-order valence-corrected chi connectivity index (χ4v) is 3.21. The van der Waals surface area contributed by atoms with Crippen LogP contribution >= 0.6 is 11.6 Å². The van der Waals surface area contributed by atoms with Gasteiger partial charge in [-0.1, -0.05) is 17.7 Å².